The fourth-order valence-corrected chi connectivity index (χ4v) is 3.31. The van der Waals surface area contributed by atoms with E-state index in [0.717, 1.165) is 0 Å². The highest BCUT2D eigenvalue weighted by Crippen LogP contribution is 2.67. The van der Waals surface area contributed by atoms with Gasteiger partial charge in [0.05, 0.1) is 19.4 Å². The van der Waals surface area contributed by atoms with E-state index in [1.165, 1.54) is 10.9 Å². The van der Waals surface area contributed by atoms with E-state index >= 15 is 0 Å². The molecule has 0 N–H and O–H groups in total. The van der Waals surface area contributed by atoms with Gasteiger partial charge >= 0.3 is 11.9 Å². The standard InChI is InChI=1S/C15H16N4O4/c1-4-22-12(20)14-8-15(14,13(21)23-5-2)19-11(18-9(14)3)10(6-16)7-17-19/h7H,4-5,8H2,1-3H3. The molecular weight excluding hydrogens is 300 g/mol. The van der Waals surface area contributed by atoms with Crippen LogP contribution >= 0.6 is 0 Å². The Morgan fingerprint density at radius 2 is 2.00 bits per heavy atom. The topological polar surface area (TPSA) is 107 Å². The molecular formula is C15H16N4O4. The van der Waals surface area contributed by atoms with Crippen LogP contribution in [0.2, 0.25) is 0 Å². The van der Waals surface area contributed by atoms with Crippen LogP contribution in [0.1, 0.15) is 32.8 Å². The Hall–Kier alpha value is -2.69. The molecule has 0 spiro atoms. The second-order valence-corrected chi connectivity index (χ2v) is 5.49. The number of ether oxygens (including phenoxy) is 2. The van der Waals surface area contributed by atoms with Crippen molar-refractivity contribution in [3.8, 4) is 6.07 Å². The molecule has 8 heteroatoms. The zero-order valence-corrected chi connectivity index (χ0v) is 13.1. The van der Waals surface area contributed by atoms with Crippen LogP contribution < -0.4 is 0 Å². The number of aromatic nitrogens is 2. The molecule has 0 bridgehead atoms. The second-order valence-electron chi connectivity index (χ2n) is 5.49. The van der Waals surface area contributed by atoms with E-state index in [2.05, 4.69) is 10.1 Å². The third kappa shape index (κ3) is 1.64. The van der Waals surface area contributed by atoms with Gasteiger partial charge in [-0.25, -0.2) is 14.5 Å². The number of carbonyl (C=O) groups is 2. The number of aliphatic imine (C=N–C) groups is 1. The molecule has 1 aromatic rings. The van der Waals surface area contributed by atoms with E-state index in [9.17, 15) is 14.9 Å². The number of fused-ring (bicyclic) bond motifs is 3. The Bertz CT molecular complexity index is 775. The van der Waals surface area contributed by atoms with Crippen LogP contribution in [-0.4, -0.2) is 40.6 Å². The van der Waals surface area contributed by atoms with E-state index in [1.807, 2.05) is 6.07 Å². The average molecular weight is 316 g/mol. The van der Waals surface area contributed by atoms with Crippen LogP contribution in [0.15, 0.2) is 11.2 Å². The predicted molar refractivity (Wildman–Crippen MR) is 78.0 cm³/mol. The van der Waals surface area contributed by atoms with Gasteiger partial charge in [-0.15, -0.1) is 0 Å². The first-order valence-corrected chi connectivity index (χ1v) is 7.38. The summed E-state index contributed by atoms with van der Waals surface area (Å²) in [6, 6.07) is 1.99. The zero-order chi connectivity index (χ0) is 16.8. The summed E-state index contributed by atoms with van der Waals surface area (Å²) in [7, 11) is 0. The van der Waals surface area contributed by atoms with Crippen molar-refractivity contribution in [3.63, 3.8) is 0 Å². The minimum absolute atomic E-state index is 0.173. The lowest BCUT2D eigenvalue weighted by Gasteiger charge is -2.27. The third-order valence-electron chi connectivity index (χ3n) is 4.46. The lowest BCUT2D eigenvalue weighted by molar-refractivity contribution is -0.157. The maximum Gasteiger partial charge on any atom is 0.335 e. The SMILES string of the molecule is CCOC(=O)C12CC1(C(=O)OCC)n1ncc(C#N)c1N=C2C. The average Bonchev–Trinajstić information content (AvgIpc) is 3.11. The molecule has 2 heterocycles. The first-order valence-electron chi connectivity index (χ1n) is 7.38. The van der Waals surface area contributed by atoms with Gasteiger partial charge in [0.15, 0.2) is 11.4 Å². The molecule has 1 aromatic heterocycles. The first-order chi connectivity index (χ1) is 11.0. The lowest BCUT2D eigenvalue weighted by atomic mass is 9.92. The van der Waals surface area contributed by atoms with Crippen molar-refractivity contribution in [3.05, 3.63) is 11.8 Å². The molecule has 2 unspecified atom stereocenters. The summed E-state index contributed by atoms with van der Waals surface area (Å²) in [6.07, 6.45) is 1.51. The van der Waals surface area contributed by atoms with Gasteiger partial charge in [0, 0.05) is 12.1 Å². The second kappa shape index (κ2) is 4.91. The Kier molecular flexibility index (Phi) is 3.25. The molecule has 0 amide bonds. The van der Waals surface area contributed by atoms with Gasteiger partial charge in [0.1, 0.15) is 17.0 Å². The van der Waals surface area contributed by atoms with Gasteiger partial charge in [0.25, 0.3) is 0 Å². The van der Waals surface area contributed by atoms with E-state index in [0.29, 0.717) is 5.71 Å². The van der Waals surface area contributed by atoms with E-state index in [1.54, 1.807) is 20.8 Å². The summed E-state index contributed by atoms with van der Waals surface area (Å²) in [5, 5.41) is 13.3. The fraction of sp³-hybridized carbons (Fsp3) is 0.533. The molecule has 1 fully saturated rings. The maximum absolute atomic E-state index is 12.7. The molecule has 2 aliphatic rings. The van der Waals surface area contributed by atoms with Crippen molar-refractivity contribution < 1.29 is 19.1 Å². The summed E-state index contributed by atoms with van der Waals surface area (Å²) < 4.78 is 11.7. The van der Waals surface area contributed by atoms with Gasteiger partial charge in [0.2, 0.25) is 0 Å². The zero-order valence-electron chi connectivity index (χ0n) is 13.1. The molecule has 23 heavy (non-hydrogen) atoms. The summed E-state index contributed by atoms with van der Waals surface area (Å²) in [5.74, 6) is -0.805. The van der Waals surface area contributed by atoms with Crippen molar-refractivity contribution in [2.75, 3.05) is 13.2 Å². The van der Waals surface area contributed by atoms with Crippen molar-refractivity contribution >= 4 is 23.5 Å². The first kappa shape index (κ1) is 15.2. The number of esters is 2. The van der Waals surface area contributed by atoms with Crippen molar-refractivity contribution in [1.29, 1.82) is 5.26 Å². The quantitative estimate of drug-likeness (QED) is 0.769. The van der Waals surface area contributed by atoms with Gasteiger partial charge in [-0.05, 0) is 20.8 Å². The number of nitriles is 1. The Balaban J connectivity index is 2.20. The number of hydrogen-bond acceptors (Lipinski definition) is 7. The highest BCUT2D eigenvalue weighted by atomic mass is 16.5. The number of carbonyl (C=O) groups excluding carboxylic acids is 2. The van der Waals surface area contributed by atoms with Gasteiger partial charge in [-0.3, -0.25) is 4.79 Å². The Labute approximate surface area is 132 Å². The third-order valence-corrected chi connectivity index (χ3v) is 4.46. The van der Waals surface area contributed by atoms with Crippen LogP contribution in [0.3, 0.4) is 0 Å². The predicted octanol–water partition coefficient (Wildman–Crippen LogP) is 1.07. The summed E-state index contributed by atoms with van der Waals surface area (Å²) in [4.78, 5) is 29.6. The maximum atomic E-state index is 12.7. The highest BCUT2D eigenvalue weighted by molar-refractivity contribution is 6.17. The highest BCUT2D eigenvalue weighted by Gasteiger charge is 2.83. The van der Waals surface area contributed by atoms with Gasteiger partial charge in [-0.2, -0.15) is 10.4 Å². The molecule has 1 aliphatic heterocycles. The smallest absolute Gasteiger partial charge is 0.335 e. The van der Waals surface area contributed by atoms with E-state index < -0.39 is 22.9 Å². The number of rotatable bonds is 4. The molecule has 120 valence electrons. The molecule has 1 saturated carbocycles. The van der Waals surface area contributed by atoms with Crippen molar-refractivity contribution in [2.24, 2.45) is 10.4 Å². The normalized spacial score (nSPS) is 27.1. The van der Waals surface area contributed by atoms with Gasteiger partial charge < -0.3 is 9.47 Å². The Morgan fingerprint density at radius 3 is 2.61 bits per heavy atom. The fourth-order valence-electron chi connectivity index (χ4n) is 3.31. The van der Waals surface area contributed by atoms with E-state index in [-0.39, 0.29) is 31.0 Å². The number of hydrogen-bond donors (Lipinski definition) is 0. The molecule has 8 nitrogen and oxygen atoms in total. The van der Waals surface area contributed by atoms with Gasteiger partial charge in [-0.1, -0.05) is 0 Å². The van der Waals surface area contributed by atoms with Crippen LogP contribution in [0.4, 0.5) is 5.82 Å². The molecule has 3 rings (SSSR count). The molecule has 0 radical (unpaired) electrons. The van der Waals surface area contributed by atoms with Crippen LogP contribution in [0.25, 0.3) is 0 Å². The van der Waals surface area contributed by atoms with E-state index in [4.69, 9.17) is 9.47 Å². The van der Waals surface area contributed by atoms with Crippen LogP contribution in [-0.2, 0) is 24.6 Å². The minimum atomic E-state index is -1.31. The summed E-state index contributed by atoms with van der Waals surface area (Å²) in [5.41, 5.74) is -1.84. The van der Waals surface area contributed by atoms with Crippen molar-refractivity contribution in [2.45, 2.75) is 32.7 Å². The van der Waals surface area contributed by atoms with Crippen LogP contribution in [0, 0.1) is 16.7 Å². The summed E-state index contributed by atoms with van der Waals surface area (Å²) >= 11 is 0. The van der Waals surface area contributed by atoms with Crippen molar-refractivity contribution in [1.82, 2.24) is 9.78 Å². The Morgan fingerprint density at radius 1 is 1.35 bits per heavy atom. The number of nitrogens with zero attached hydrogens (tertiary/aromatic N) is 4. The molecule has 0 aromatic carbocycles. The lowest BCUT2D eigenvalue weighted by Crippen LogP contribution is -2.45. The molecule has 2 atom stereocenters. The minimum Gasteiger partial charge on any atom is -0.465 e. The largest absolute Gasteiger partial charge is 0.465 e. The van der Waals surface area contributed by atoms with Crippen LogP contribution in [0.5, 0.6) is 0 Å². The summed E-state index contributed by atoms with van der Waals surface area (Å²) in [6.45, 7) is 5.43. The monoisotopic (exact) mass is 316 g/mol. The molecule has 1 aliphatic carbocycles. The molecule has 0 saturated heterocycles.